The van der Waals surface area contributed by atoms with Crippen LogP contribution in [-0.2, 0) is 13.5 Å². The Morgan fingerprint density at radius 1 is 1.15 bits per heavy atom. The molecule has 1 aliphatic rings. The van der Waals surface area contributed by atoms with Gasteiger partial charge in [0, 0.05) is 47.0 Å². The number of rotatable bonds is 7. The van der Waals surface area contributed by atoms with E-state index in [9.17, 15) is 4.39 Å². The number of halogens is 1. The lowest BCUT2D eigenvalue weighted by Gasteiger charge is -2.29. The summed E-state index contributed by atoms with van der Waals surface area (Å²) < 4.78 is 16.2. The Morgan fingerprint density at radius 3 is 2.48 bits per heavy atom. The number of anilines is 2. The molecule has 1 aliphatic heterocycles. The number of piperidine rings is 1. The van der Waals surface area contributed by atoms with Crippen LogP contribution in [0.3, 0.4) is 0 Å². The van der Waals surface area contributed by atoms with Crippen LogP contribution < -0.4 is 11.1 Å². The molecule has 3 N–H and O–H groups in total. The molecule has 0 aliphatic carbocycles. The van der Waals surface area contributed by atoms with Crippen molar-refractivity contribution in [2.45, 2.75) is 19.3 Å². The minimum Gasteiger partial charge on any atom is -0.398 e. The van der Waals surface area contributed by atoms with Crippen molar-refractivity contribution in [3.8, 4) is 11.1 Å². The maximum Gasteiger partial charge on any atom is 0.133 e. The maximum absolute atomic E-state index is 14.6. The van der Waals surface area contributed by atoms with E-state index in [1.165, 1.54) is 37.6 Å². The number of hydrogen-bond donors (Lipinski definition) is 2. The predicted molar refractivity (Wildman–Crippen MR) is 135 cm³/mol. The number of nitrogens with two attached hydrogens (primary N) is 1. The van der Waals surface area contributed by atoms with E-state index in [4.69, 9.17) is 5.73 Å². The third-order valence-corrected chi connectivity index (χ3v) is 6.46. The van der Waals surface area contributed by atoms with Crippen LogP contribution in [0.25, 0.3) is 16.7 Å². The molecule has 0 spiro atoms. The normalized spacial score (nSPS) is 14.9. The standard InChI is InChI=1S/C27H32FN5/c1-18(24-14-25(26(28)15-27(24)29)22-16-30-33(4)17-22)19(2)31-23-7-5-20(6-8-23)13-21-9-11-32(3)12-10-21/h5-8,14-17,21,31H,1-2,9-13,29H2,3-4H3. The van der Waals surface area contributed by atoms with Crippen molar-refractivity contribution in [3.05, 3.63) is 84.6 Å². The summed E-state index contributed by atoms with van der Waals surface area (Å²) in [4.78, 5) is 2.40. The van der Waals surface area contributed by atoms with Crippen molar-refractivity contribution < 1.29 is 4.39 Å². The molecule has 4 rings (SSSR count). The zero-order chi connectivity index (χ0) is 23.5. The number of allylic oxidation sites excluding steroid dienone is 1. The highest BCUT2D eigenvalue weighted by Gasteiger charge is 2.17. The summed E-state index contributed by atoms with van der Waals surface area (Å²) >= 11 is 0. The number of hydrogen-bond acceptors (Lipinski definition) is 4. The number of aromatic nitrogens is 2. The lowest BCUT2D eigenvalue weighted by Crippen LogP contribution is -2.30. The van der Waals surface area contributed by atoms with Crippen LogP contribution in [0.15, 0.2) is 67.6 Å². The number of nitrogens with one attached hydrogen (secondary N) is 1. The molecule has 0 bridgehead atoms. The molecule has 3 aromatic rings. The fraction of sp³-hybridized carbons (Fsp3) is 0.296. The van der Waals surface area contributed by atoms with E-state index in [2.05, 4.69) is 59.8 Å². The highest BCUT2D eigenvalue weighted by molar-refractivity contribution is 5.88. The Morgan fingerprint density at radius 2 is 1.85 bits per heavy atom. The first kappa shape index (κ1) is 22.8. The van der Waals surface area contributed by atoms with Gasteiger partial charge in [-0.05, 0) is 80.7 Å². The van der Waals surface area contributed by atoms with Gasteiger partial charge in [-0.15, -0.1) is 0 Å². The molecule has 1 fully saturated rings. The van der Waals surface area contributed by atoms with Gasteiger partial charge in [-0.3, -0.25) is 4.68 Å². The summed E-state index contributed by atoms with van der Waals surface area (Å²) in [5, 5.41) is 7.45. The van der Waals surface area contributed by atoms with Gasteiger partial charge in [0.25, 0.3) is 0 Å². The van der Waals surface area contributed by atoms with Crippen LogP contribution in [-0.4, -0.2) is 34.8 Å². The Kier molecular flexibility index (Phi) is 6.65. The smallest absolute Gasteiger partial charge is 0.133 e. The van der Waals surface area contributed by atoms with E-state index in [-0.39, 0.29) is 0 Å². The fourth-order valence-electron chi connectivity index (χ4n) is 4.37. The van der Waals surface area contributed by atoms with E-state index < -0.39 is 5.82 Å². The van der Waals surface area contributed by atoms with E-state index in [1.54, 1.807) is 30.2 Å². The van der Waals surface area contributed by atoms with Gasteiger partial charge in [0.1, 0.15) is 5.82 Å². The summed E-state index contributed by atoms with van der Waals surface area (Å²) in [5.74, 6) is 0.362. The molecule has 2 heterocycles. The van der Waals surface area contributed by atoms with Gasteiger partial charge in [0.2, 0.25) is 0 Å². The Bertz CT molecular complexity index is 1150. The van der Waals surface area contributed by atoms with Gasteiger partial charge in [-0.25, -0.2) is 4.39 Å². The lowest BCUT2D eigenvalue weighted by atomic mass is 9.90. The molecule has 1 aromatic heterocycles. The fourth-order valence-corrected chi connectivity index (χ4v) is 4.37. The molecule has 0 amide bonds. The summed E-state index contributed by atoms with van der Waals surface area (Å²) in [7, 11) is 3.99. The van der Waals surface area contributed by atoms with Crippen LogP contribution in [0.1, 0.15) is 24.0 Å². The van der Waals surface area contributed by atoms with E-state index in [0.717, 1.165) is 18.0 Å². The molecular weight excluding hydrogens is 413 g/mol. The summed E-state index contributed by atoms with van der Waals surface area (Å²) in [6.07, 6.45) is 7.02. The van der Waals surface area contributed by atoms with Gasteiger partial charge in [-0.2, -0.15) is 5.10 Å². The zero-order valence-electron chi connectivity index (χ0n) is 19.4. The molecule has 172 valence electrons. The first-order valence-electron chi connectivity index (χ1n) is 11.3. The quantitative estimate of drug-likeness (QED) is 0.381. The van der Waals surface area contributed by atoms with Gasteiger partial charge in [0.15, 0.2) is 0 Å². The van der Waals surface area contributed by atoms with Crippen LogP contribution in [0.4, 0.5) is 15.8 Å². The molecule has 5 nitrogen and oxygen atoms in total. The van der Waals surface area contributed by atoms with Crippen LogP contribution >= 0.6 is 0 Å². The Labute approximate surface area is 195 Å². The van der Waals surface area contributed by atoms with Gasteiger partial charge >= 0.3 is 0 Å². The number of nitrogen functional groups attached to an aromatic ring is 1. The second-order valence-corrected chi connectivity index (χ2v) is 9.05. The SMILES string of the molecule is C=C(Nc1ccc(CC2CCN(C)CC2)cc1)C(=C)c1cc(-c2cnn(C)c2)c(F)cc1N. The monoisotopic (exact) mass is 445 g/mol. The second kappa shape index (κ2) is 9.63. The summed E-state index contributed by atoms with van der Waals surface area (Å²) in [5.41, 5.74) is 11.7. The van der Waals surface area contributed by atoms with Gasteiger partial charge in [-0.1, -0.05) is 25.3 Å². The first-order chi connectivity index (χ1) is 15.8. The van der Waals surface area contributed by atoms with Crippen molar-refractivity contribution in [3.63, 3.8) is 0 Å². The largest absolute Gasteiger partial charge is 0.398 e. The molecule has 6 heteroatoms. The lowest BCUT2D eigenvalue weighted by molar-refractivity contribution is 0.219. The summed E-state index contributed by atoms with van der Waals surface area (Å²) in [6, 6.07) is 11.5. The zero-order valence-corrected chi connectivity index (χ0v) is 19.4. The van der Waals surface area contributed by atoms with Crippen molar-refractivity contribution in [2.75, 3.05) is 31.2 Å². The molecule has 0 unspecified atom stereocenters. The van der Waals surface area contributed by atoms with Crippen molar-refractivity contribution in [1.29, 1.82) is 0 Å². The van der Waals surface area contributed by atoms with Gasteiger partial charge in [0.05, 0.1) is 6.20 Å². The minimum absolute atomic E-state index is 0.321. The topological polar surface area (TPSA) is 59.1 Å². The van der Waals surface area contributed by atoms with Crippen LogP contribution in [0, 0.1) is 11.7 Å². The molecule has 0 atom stereocenters. The van der Waals surface area contributed by atoms with E-state index in [1.807, 2.05) is 0 Å². The molecule has 33 heavy (non-hydrogen) atoms. The highest BCUT2D eigenvalue weighted by atomic mass is 19.1. The molecule has 1 saturated heterocycles. The first-order valence-corrected chi connectivity index (χ1v) is 11.3. The second-order valence-electron chi connectivity index (χ2n) is 9.05. The number of nitrogens with zero attached hydrogens (tertiary/aromatic N) is 3. The van der Waals surface area contributed by atoms with Crippen molar-refractivity contribution in [2.24, 2.45) is 13.0 Å². The molecule has 0 saturated carbocycles. The van der Waals surface area contributed by atoms with Crippen molar-refractivity contribution in [1.82, 2.24) is 14.7 Å². The van der Waals surface area contributed by atoms with Crippen LogP contribution in [0.2, 0.25) is 0 Å². The highest BCUT2D eigenvalue weighted by Crippen LogP contribution is 2.33. The molecule has 0 radical (unpaired) electrons. The molecular formula is C27H32FN5. The Hall–Kier alpha value is -3.38. The van der Waals surface area contributed by atoms with E-state index >= 15 is 0 Å². The average Bonchev–Trinajstić information content (AvgIpc) is 3.22. The maximum atomic E-state index is 14.6. The Balaban J connectivity index is 1.44. The van der Waals surface area contributed by atoms with Crippen LogP contribution in [0.5, 0.6) is 0 Å². The number of benzene rings is 2. The predicted octanol–water partition coefficient (Wildman–Crippen LogP) is 5.33. The van der Waals surface area contributed by atoms with E-state index in [0.29, 0.717) is 33.6 Å². The summed E-state index contributed by atoms with van der Waals surface area (Å²) in [6.45, 7) is 10.7. The third-order valence-electron chi connectivity index (χ3n) is 6.46. The number of aryl methyl sites for hydroxylation is 1. The molecule has 2 aromatic carbocycles. The minimum atomic E-state index is -0.393. The average molecular weight is 446 g/mol. The number of likely N-dealkylation sites (tertiary alicyclic amines) is 1. The van der Waals surface area contributed by atoms with Crippen molar-refractivity contribution >= 4 is 16.9 Å². The third kappa shape index (κ3) is 5.34. The van der Waals surface area contributed by atoms with Gasteiger partial charge < -0.3 is 16.0 Å².